The van der Waals surface area contributed by atoms with Crippen molar-refractivity contribution in [3.05, 3.63) is 171 Å². The van der Waals surface area contributed by atoms with E-state index < -0.39 is 0 Å². The van der Waals surface area contributed by atoms with E-state index in [1.165, 1.54) is 77.9 Å². The Morgan fingerprint density at radius 3 is 1.64 bits per heavy atom. The third kappa shape index (κ3) is 4.94. The number of hydrogen-bond donors (Lipinski definition) is 0. The summed E-state index contributed by atoms with van der Waals surface area (Å²) in [5, 5.41) is 0. The smallest absolute Gasteiger partial charge is 0.151 e. The molecular formula is C54H45NO3. The Balaban J connectivity index is 1.06. The molecule has 0 saturated carbocycles. The van der Waals surface area contributed by atoms with Gasteiger partial charge in [0.15, 0.2) is 11.5 Å². The molecule has 0 bridgehead atoms. The van der Waals surface area contributed by atoms with Crippen LogP contribution in [0.3, 0.4) is 0 Å². The molecule has 0 fully saturated rings. The van der Waals surface area contributed by atoms with Crippen LogP contribution in [-0.4, -0.2) is 0 Å². The number of fused-ring (bicyclic) bond motifs is 8. The van der Waals surface area contributed by atoms with Crippen molar-refractivity contribution in [2.75, 3.05) is 4.90 Å². The summed E-state index contributed by atoms with van der Waals surface area (Å²) < 4.78 is 19.6. The van der Waals surface area contributed by atoms with Crippen molar-refractivity contribution in [2.24, 2.45) is 0 Å². The number of ether oxygens (including phenoxy) is 1. The van der Waals surface area contributed by atoms with Crippen LogP contribution >= 0.6 is 0 Å². The second-order valence-electron chi connectivity index (χ2n) is 17.1. The second-order valence-corrected chi connectivity index (χ2v) is 17.1. The standard InChI is InChI=1S/C54H45NO3/c1-29-31(3)52(56-33(29)5)37-16-20-42-39(22-37)23-40-25-50-48(26-44(40)42)55(41-18-14-36(15-19-41)35-12-10-9-11-13-35)49-27-45-43-21-17-38(53-32(4)30(2)34(6)57-53)24-46(43)54(7,8)47(45)28-51(49)58-50/h9-22,24-28H,23H2,1-8H3. The summed E-state index contributed by atoms with van der Waals surface area (Å²) in [6.07, 6.45) is 0.842. The zero-order valence-electron chi connectivity index (χ0n) is 34.3. The van der Waals surface area contributed by atoms with Crippen LogP contribution in [0.4, 0.5) is 17.1 Å². The van der Waals surface area contributed by atoms with Gasteiger partial charge < -0.3 is 18.5 Å². The van der Waals surface area contributed by atoms with Gasteiger partial charge in [0.2, 0.25) is 0 Å². The first-order chi connectivity index (χ1) is 28.0. The maximum absolute atomic E-state index is 7.04. The highest BCUT2D eigenvalue weighted by atomic mass is 16.5. The normalized spacial score (nSPS) is 14.0. The van der Waals surface area contributed by atoms with E-state index in [9.17, 15) is 0 Å². The van der Waals surface area contributed by atoms with Crippen LogP contribution in [0.5, 0.6) is 11.5 Å². The topological polar surface area (TPSA) is 38.8 Å². The molecule has 0 N–H and O–H groups in total. The van der Waals surface area contributed by atoms with Gasteiger partial charge in [-0.15, -0.1) is 0 Å². The molecule has 11 rings (SSSR count). The summed E-state index contributed by atoms with van der Waals surface area (Å²) in [5.41, 5.74) is 22.6. The molecule has 284 valence electrons. The summed E-state index contributed by atoms with van der Waals surface area (Å²) in [7, 11) is 0. The molecule has 3 heterocycles. The molecule has 58 heavy (non-hydrogen) atoms. The average Bonchev–Trinajstić information content (AvgIpc) is 3.88. The van der Waals surface area contributed by atoms with Gasteiger partial charge in [0.1, 0.15) is 23.0 Å². The largest absolute Gasteiger partial charge is 0.461 e. The van der Waals surface area contributed by atoms with Gasteiger partial charge in [0.05, 0.1) is 11.4 Å². The molecule has 0 radical (unpaired) electrons. The molecule has 1 aliphatic heterocycles. The van der Waals surface area contributed by atoms with E-state index in [0.717, 1.165) is 69.1 Å². The Labute approximate surface area is 340 Å². The van der Waals surface area contributed by atoms with Crippen LogP contribution in [0.25, 0.3) is 56.0 Å². The molecule has 0 unspecified atom stereocenters. The minimum atomic E-state index is -0.243. The van der Waals surface area contributed by atoms with Crippen LogP contribution in [0.1, 0.15) is 69.9 Å². The van der Waals surface area contributed by atoms with Gasteiger partial charge >= 0.3 is 0 Å². The predicted octanol–water partition coefficient (Wildman–Crippen LogP) is 15.2. The number of anilines is 3. The van der Waals surface area contributed by atoms with Crippen molar-refractivity contribution in [3.63, 3.8) is 0 Å². The zero-order valence-corrected chi connectivity index (χ0v) is 34.3. The van der Waals surface area contributed by atoms with E-state index >= 15 is 0 Å². The van der Waals surface area contributed by atoms with Crippen LogP contribution in [-0.2, 0) is 11.8 Å². The second kappa shape index (κ2) is 12.2. The highest BCUT2D eigenvalue weighted by molar-refractivity contribution is 5.95. The third-order valence-electron chi connectivity index (χ3n) is 13.5. The SMILES string of the molecule is Cc1oc(-c2ccc3c(c2)Cc2cc4c(cc2-3)N(c2ccc(-c3ccccc3)cc2)c2cc3c(cc2O4)C(C)(C)c2cc(-c4oc(C)c(C)c4C)ccc2-3)c(C)c1C. The van der Waals surface area contributed by atoms with E-state index in [0.29, 0.717) is 0 Å². The molecule has 3 aliphatic rings. The summed E-state index contributed by atoms with van der Waals surface area (Å²) in [4.78, 5) is 2.41. The number of hydrogen-bond acceptors (Lipinski definition) is 4. The minimum absolute atomic E-state index is 0.243. The number of benzene rings is 6. The van der Waals surface area contributed by atoms with Crippen LogP contribution in [0.2, 0.25) is 0 Å². The van der Waals surface area contributed by atoms with Gasteiger partial charge in [0, 0.05) is 22.2 Å². The molecule has 0 atom stereocenters. The van der Waals surface area contributed by atoms with Crippen molar-refractivity contribution in [1.82, 2.24) is 0 Å². The molecule has 4 heteroatoms. The van der Waals surface area contributed by atoms with Gasteiger partial charge in [-0.25, -0.2) is 0 Å². The van der Waals surface area contributed by atoms with Crippen LogP contribution in [0, 0.1) is 41.5 Å². The molecule has 4 nitrogen and oxygen atoms in total. The van der Waals surface area contributed by atoms with Crippen molar-refractivity contribution < 1.29 is 13.6 Å². The molecule has 0 amide bonds. The lowest BCUT2D eigenvalue weighted by molar-refractivity contribution is 0.474. The maximum Gasteiger partial charge on any atom is 0.151 e. The Hall–Kier alpha value is -6.52. The molecule has 0 spiro atoms. The third-order valence-corrected chi connectivity index (χ3v) is 13.5. The minimum Gasteiger partial charge on any atom is -0.461 e. The lowest BCUT2D eigenvalue weighted by atomic mass is 9.81. The number of furan rings is 2. The van der Waals surface area contributed by atoms with Crippen LogP contribution < -0.4 is 9.64 Å². The van der Waals surface area contributed by atoms with Gasteiger partial charge in [-0.1, -0.05) is 80.6 Å². The molecule has 2 aliphatic carbocycles. The summed E-state index contributed by atoms with van der Waals surface area (Å²) >= 11 is 0. The van der Waals surface area contributed by atoms with Crippen molar-refractivity contribution in [2.45, 2.75) is 67.2 Å². The van der Waals surface area contributed by atoms with E-state index in [-0.39, 0.29) is 5.41 Å². The fourth-order valence-electron chi connectivity index (χ4n) is 9.75. The summed E-state index contributed by atoms with van der Waals surface area (Å²) in [5.74, 6) is 5.62. The lowest BCUT2D eigenvalue weighted by Gasteiger charge is -2.35. The first-order valence-corrected chi connectivity index (χ1v) is 20.4. The Morgan fingerprint density at radius 2 is 1.00 bits per heavy atom. The zero-order chi connectivity index (χ0) is 39.8. The monoisotopic (exact) mass is 755 g/mol. The number of aryl methyl sites for hydroxylation is 2. The highest BCUT2D eigenvalue weighted by Gasteiger charge is 2.40. The molecule has 2 aromatic heterocycles. The average molecular weight is 756 g/mol. The summed E-state index contributed by atoms with van der Waals surface area (Å²) in [6, 6.07) is 42.5. The van der Waals surface area contributed by atoms with Gasteiger partial charge in [0.25, 0.3) is 0 Å². The Bertz CT molecular complexity index is 3030. The molecule has 8 aromatic rings. The van der Waals surface area contributed by atoms with E-state index in [2.05, 4.69) is 169 Å². The first-order valence-electron chi connectivity index (χ1n) is 20.4. The van der Waals surface area contributed by atoms with Crippen molar-refractivity contribution in [3.8, 4) is 67.5 Å². The van der Waals surface area contributed by atoms with E-state index in [1.807, 2.05) is 6.92 Å². The molecule has 6 aromatic carbocycles. The van der Waals surface area contributed by atoms with Gasteiger partial charge in [-0.05, 0) is 174 Å². The van der Waals surface area contributed by atoms with E-state index in [4.69, 9.17) is 13.6 Å². The van der Waals surface area contributed by atoms with Gasteiger partial charge in [-0.3, -0.25) is 0 Å². The van der Waals surface area contributed by atoms with E-state index in [1.54, 1.807) is 0 Å². The van der Waals surface area contributed by atoms with Gasteiger partial charge in [-0.2, -0.15) is 0 Å². The Morgan fingerprint density at radius 1 is 0.466 bits per heavy atom. The molecule has 0 saturated heterocycles. The predicted molar refractivity (Wildman–Crippen MR) is 236 cm³/mol. The highest BCUT2D eigenvalue weighted by Crippen LogP contribution is 2.59. The number of rotatable bonds is 4. The fourth-order valence-corrected chi connectivity index (χ4v) is 9.75. The van der Waals surface area contributed by atoms with Crippen molar-refractivity contribution >= 4 is 17.1 Å². The summed E-state index contributed by atoms with van der Waals surface area (Å²) in [6.45, 7) is 17.4. The lowest BCUT2D eigenvalue weighted by Crippen LogP contribution is -2.18. The molecular weight excluding hydrogens is 711 g/mol. The Kier molecular flexibility index (Phi) is 7.32. The number of nitrogens with zero attached hydrogens (tertiary/aromatic N) is 1. The quantitative estimate of drug-likeness (QED) is 0.179. The maximum atomic E-state index is 7.04. The van der Waals surface area contributed by atoms with Crippen molar-refractivity contribution in [1.29, 1.82) is 0 Å². The van der Waals surface area contributed by atoms with Crippen LogP contribution in [0.15, 0.2) is 124 Å². The first kappa shape index (κ1) is 34.7. The fraction of sp³-hybridized carbons (Fsp3) is 0.185.